The van der Waals surface area contributed by atoms with Gasteiger partial charge in [-0.3, -0.25) is 14.7 Å². The molecule has 2 saturated heterocycles. The van der Waals surface area contributed by atoms with Crippen molar-refractivity contribution < 1.29 is 23.0 Å². The summed E-state index contributed by atoms with van der Waals surface area (Å²) in [7, 11) is 1.50. The molecule has 0 saturated carbocycles. The molecule has 1 aromatic heterocycles. The van der Waals surface area contributed by atoms with Crippen molar-refractivity contribution >= 4 is 29.1 Å². The minimum absolute atomic E-state index is 0.000188. The molecule has 0 unspecified atom stereocenters. The van der Waals surface area contributed by atoms with Gasteiger partial charge in [-0.1, -0.05) is 29.3 Å². The van der Waals surface area contributed by atoms with Gasteiger partial charge in [0.2, 0.25) is 0 Å². The molecule has 0 radical (unpaired) electrons. The van der Waals surface area contributed by atoms with Crippen molar-refractivity contribution in [2.45, 2.75) is 18.6 Å². The molecule has 31 heavy (non-hydrogen) atoms. The fraction of sp³-hybridized carbons (Fsp3) is 0.429. The molecule has 4 rings (SSSR count). The lowest BCUT2D eigenvalue weighted by Crippen LogP contribution is -2.59. The first-order valence-electron chi connectivity index (χ1n) is 9.80. The van der Waals surface area contributed by atoms with Crippen LogP contribution in [-0.4, -0.2) is 66.6 Å². The van der Waals surface area contributed by atoms with Crippen molar-refractivity contribution in [2.24, 2.45) is 0 Å². The number of amides is 1. The summed E-state index contributed by atoms with van der Waals surface area (Å²) in [5.74, 6) is 0.292. The van der Waals surface area contributed by atoms with Crippen LogP contribution >= 0.6 is 23.2 Å². The lowest BCUT2D eigenvalue weighted by Gasteiger charge is -2.46. The SMILES string of the molecule is COc1cccc(C(=O)N2CCN3C[C@@H](c4cc(C(F)F)c(Cl)cn4)OC[C@@H]3C2)c1Cl. The van der Waals surface area contributed by atoms with Gasteiger partial charge in [0.25, 0.3) is 12.3 Å². The Bertz CT molecular complexity index is 979. The number of methoxy groups -OCH3 is 1. The molecule has 2 atom stereocenters. The zero-order chi connectivity index (χ0) is 22.1. The van der Waals surface area contributed by atoms with E-state index in [0.29, 0.717) is 54.8 Å². The number of carbonyl (C=O) groups excluding carboxylic acids is 1. The second-order valence-corrected chi connectivity index (χ2v) is 8.26. The van der Waals surface area contributed by atoms with Crippen LogP contribution in [0, 0.1) is 0 Å². The standard InChI is InChI=1S/C21H21Cl2F2N3O3/c1-30-17-4-2-3-13(19(17)23)21(29)28-6-5-27-10-18(31-11-12(27)9-28)16-7-14(20(24)25)15(22)8-26-16/h2-4,7-8,12,18,20H,5-6,9-11H2,1H3/t12-,18-/m0/s1. The first-order valence-corrected chi connectivity index (χ1v) is 10.6. The van der Waals surface area contributed by atoms with Crippen LogP contribution < -0.4 is 4.74 Å². The van der Waals surface area contributed by atoms with Gasteiger partial charge in [0, 0.05) is 37.9 Å². The largest absolute Gasteiger partial charge is 0.495 e. The Morgan fingerprint density at radius 2 is 2.10 bits per heavy atom. The third-order valence-electron chi connectivity index (χ3n) is 5.67. The number of pyridine rings is 1. The van der Waals surface area contributed by atoms with E-state index < -0.39 is 12.5 Å². The van der Waals surface area contributed by atoms with Crippen LogP contribution in [-0.2, 0) is 4.74 Å². The molecular weight excluding hydrogens is 451 g/mol. The molecule has 0 N–H and O–H groups in total. The summed E-state index contributed by atoms with van der Waals surface area (Å²) in [5.41, 5.74) is 0.580. The van der Waals surface area contributed by atoms with Gasteiger partial charge in [0.05, 0.1) is 41.1 Å². The van der Waals surface area contributed by atoms with E-state index >= 15 is 0 Å². The van der Waals surface area contributed by atoms with Gasteiger partial charge in [-0.25, -0.2) is 8.78 Å². The molecule has 0 spiro atoms. The Balaban J connectivity index is 1.43. The number of benzene rings is 1. The number of hydrogen-bond acceptors (Lipinski definition) is 5. The highest BCUT2D eigenvalue weighted by atomic mass is 35.5. The summed E-state index contributed by atoms with van der Waals surface area (Å²) < 4.78 is 37.4. The molecule has 3 heterocycles. The molecule has 6 nitrogen and oxygen atoms in total. The number of piperazine rings is 1. The number of rotatable bonds is 4. The van der Waals surface area contributed by atoms with Crippen molar-refractivity contribution in [1.82, 2.24) is 14.8 Å². The summed E-state index contributed by atoms with van der Waals surface area (Å²) in [5, 5.41) is 0.233. The highest BCUT2D eigenvalue weighted by Crippen LogP contribution is 2.33. The number of carbonyl (C=O) groups is 1. The summed E-state index contributed by atoms with van der Waals surface area (Å²) in [6.45, 7) is 2.49. The van der Waals surface area contributed by atoms with E-state index in [1.165, 1.54) is 19.4 Å². The zero-order valence-corrected chi connectivity index (χ0v) is 18.2. The molecule has 2 aliphatic heterocycles. The fourth-order valence-corrected chi connectivity index (χ4v) is 4.44. The Morgan fingerprint density at radius 3 is 2.84 bits per heavy atom. The highest BCUT2D eigenvalue weighted by Gasteiger charge is 2.37. The lowest BCUT2D eigenvalue weighted by molar-refractivity contribution is -0.0873. The third kappa shape index (κ3) is 4.48. The molecule has 2 aliphatic rings. The maximum atomic E-state index is 13.2. The van der Waals surface area contributed by atoms with Gasteiger partial charge < -0.3 is 14.4 Å². The van der Waals surface area contributed by atoms with Crippen LogP contribution in [0.5, 0.6) is 5.75 Å². The van der Waals surface area contributed by atoms with E-state index in [0.717, 1.165) is 0 Å². The Labute approximate surface area is 188 Å². The van der Waals surface area contributed by atoms with E-state index in [-0.39, 0.29) is 22.5 Å². The Kier molecular flexibility index (Phi) is 6.62. The van der Waals surface area contributed by atoms with Crippen LogP contribution in [0.2, 0.25) is 10.0 Å². The second kappa shape index (κ2) is 9.24. The zero-order valence-electron chi connectivity index (χ0n) is 16.7. The number of aromatic nitrogens is 1. The van der Waals surface area contributed by atoms with Crippen molar-refractivity contribution in [3.05, 3.63) is 57.3 Å². The average Bonchev–Trinajstić information content (AvgIpc) is 2.78. The third-order valence-corrected chi connectivity index (χ3v) is 6.37. The summed E-state index contributed by atoms with van der Waals surface area (Å²) in [4.78, 5) is 21.1. The lowest BCUT2D eigenvalue weighted by atomic mass is 10.1. The number of ether oxygens (including phenoxy) is 2. The summed E-state index contributed by atoms with van der Waals surface area (Å²) >= 11 is 12.1. The Morgan fingerprint density at radius 1 is 1.29 bits per heavy atom. The first-order chi connectivity index (χ1) is 14.9. The number of hydrogen-bond donors (Lipinski definition) is 0. The molecule has 2 aromatic rings. The number of morpholine rings is 1. The van der Waals surface area contributed by atoms with Crippen LogP contribution in [0.3, 0.4) is 0 Å². The predicted octanol–water partition coefficient (Wildman–Crippen LogP) is 4.23. The summed E-state index contributed by atoms with van der Waals surface area (Å²) in [6, 6.07) is 6.42. The maximum absolute atomic E-state index is 13.2. The van der Waals surface area contributed by atoms with Gasteiger partial charge in [-0.05, 0) is 18.2 Å². The average molecular weight is 472 g/mol. The highest BCUT2D eigenvalue weighted by molar-refractivity contribution is 6.35. The minimum Gasteiger partial charge on any atom is -0.495 e. The van der Waals surface area contributed by atoms with E-state index in [4.69, 9.17) is 32.7 Å². The molecule has 0 aliphatic carbocycles. The predicted molar refractivity (Wildman–Crippen MR) is 112 cm³/mol. The summed E-state index contributed by atoms with van der Waals surface area (Å²) in [6.07, 6.45) is -1.87. The maximum Gasteiger partial charge on any atom is 0.265 e. The quantitative estimate of drug-likeness (QED) is 0.667. The Hall–Kier alpha value is -2.00. The van der Waals surface area contributed by atoms with Gasteiger partial charge in [0.1, 0.15) is 11.9 Å². The minimum atomic E-state index is -2.68. The monoisotopic (exact) mass is 471 g/mol. The number of halogens is 4. The van der Waals surface area contributed by atoms with Gasteiger partial charge >= 0.3 is 0 Å². The molecule has 166 valence electrons. The molecule has 1 aromatic carbocycles. The molecule has 10 heteroatoms. The van der Waals surface area contributed by atoms with E-state index in [9.17, 15) is 13.6 Å². The molecule has 2 fully saturated rings. The normalized spacial score (nSPS) is 21.8. The van der Waals surface area contributed by atoms with Gasteiger partial charge in [-0.15, -0.1) is 0 Å². The van der Waals surface area contributed by atoms with Crippen LogP contribution in [0.1, 0.15) is 34.1 Å². The van der Waals surface area contributed by atoms with Crippen LogP contribution in [0.25, 0.3) is 0 Å². The van der Waals surface area contributed by atoms with Gasteiger partial charge in [0.15, 0.2) is 0 Å². The van der Waals surface area contributed by atoms with Crippen molar-refractivity contribution in [3.63, 3.8) is 0 Å². The van der Waals surface area contributed by atoms with Crippen LogP contribution in [0.4, 0.5) is 8.78 Å². The molecule has 1 amide bonds. The van der Waals surface area contributed by atoms with Gasteiger partial charge in [-0.2, -0.15) is 0 Å². The topological polar surface area (TPSA) is 54.9 Å². The van der Waals surface area contributed by atoms with Crippen LogP contribution in [0.15, 0.2) is 30.5 Å². The van der Waals surface area contributed by atoms with E-state index in [1.54, 1.807) is 23.1 Å². The first kappa shape index (κ1) is 22.2. The van der Waals surface area contributed by atoms with E-state index in [1.807, 2.05) is 0 Å². The number of alkyl halides is 2. The number of nitrogens with zero attached hydrogens (tertiary/aromatic N) is 3. The molecular formula is C21H21Cl2F2N3O3. The van der Waals surface area contributed by atoms with Crippen molar-refractivity contribution in [2.75, 3.05) is 39.9 Å². The van der Waals surface area contributed by atoms with Crippen molar-refractivity contribution in [3.8, 4) is 5.75 Å². The smallest absolute Gasteiger partial charge is 0.265 e. The van der Waals surface area contributed by atoms with E-state index in [2.05, 4.69) is 9.88 Å². The second-order valence-electron chi connectivity index (χ2n) is 7.48. The fourth-order valence-electron chi connectivity index (χ4n) is 3.97. The molecule has 0 bridgehead atoms. The van der Waals surface area contributed by atoms with Crippen molar-refractivity contribution in [1.29, 1.82) is 0 Å². The number of fused-ring (bicyclic) bond motifs is 1.